The Morgan fingerprint density at radius 1 is 0.943 bits per heavy atom. The maximum Gasteiger partial charge on any atom is 0.411 e. The van der Waals surface area contributed by atoms with Gasteiger partial charge in [0.25, 0.3) is 0 Å². The molecule has 2 aliphatic rings. The smallest absolute Gasteiger partial charge is 0.411 e. The number of ether oxygens (including phenoxy) is 2. The zero-order chi connectivity index (χ0) is 25.2. The lowest BCUT2D eigenvalue weighted by atomic mass is 9.93. The average Bonchev–Trinajstić information content (AvgIpc) is 3.32. The number of anilines is 1. The third-order valence-corrected chi connectivity index (χ3v) is 6.36. The first kappa shape index (κ1) is 24.6. The molecule has 1 saturated heterocycles. The molecule has 8 nitrogen and oxygen atoms in total. The fraction of sp³-hybridized carbons (Fsp3) is 0.444. The van der Waals surface area contributed by atoms with Crippen LogP contribution in [0.3, 0.4) is 0 Å². The summed E-state index contributed by atoms with van der Waals surface area (Å²) in [6.45, 7) is 6.18. The number of nitrogens with zero attached hydrogens (tertiary/aromatic N) is 2. The van der Waals surface area contributed by atoms with Gasteiger partial charge in [0.2, 0.25) is 11.8 Å². The van der Waals surface area contributed by atoms with E-state index < -0.39 is 23.8 Å². The highest BCUT2D eigenvalue weighted by Crippen LogP contribution is 2.29. The van der Waals surface area contributed by atoms with Gasteiger partial charge in [-0.3, -0.25) is 14.5 Å². The molecule has 1 N–H and O–H groups in total. The molecule has 186 valence electrons. The van der Waals surface area contributed by atoms with Crippen LogP contribution in [0.4, 0.5) is 10.5 Å². The van der Waals surface area contributed by atoms with Crippen molar-refractivity contribution >= 4 is 23.6 Å². The lowest BCUT2D eigenvalue weighted by molar-refractivity contribution is -0.141. The molecule has 0 aliphatic carbocycles. The highest BCUT2D eigenvalue weighted by atomic mass is 16.6. The maximum absolute atomic E-state index is 13.8. The average molecular weight is 480 g/mol. The number of nitrogens with one attached hydrogen (secondary N) is 1. The standard InChI is InChI=1S/C27H33N3O5/c1-27(2,3)35-26(33)30-17-19-9-6-5-8-18(19)16-23(30)25(32)29-15-7-10-22(29)24(31)28-20-11-13-21(34-4)14-12-20/h5-6,8-9,11-14,22-23H,7,10,15-17H2,1-4H3,(H,28,31)/t22-,23+/m1/s1. The van der Waals surface area contributed by atoms with Gasteiger partial charge in [-0.2, -0.15) is 0 Å². The molecule has 0 bridgehead atoms. The Morgan fingerprint density at radius 3 is 2.29 bits per heavy atom. The van der Waals surface area contributed by atoms with Crippen LogP contribution in [0.25, 0.3) is 0 Å². The normalized spacial score (nSPS) is 19.7. The molecule has 1 fully saturated rings. The summed E-state index contributed by atoms with van der Waals surface area (Å²) >= 11 is 0. The van der Waals surface area contributed by atoms with E-state index in [0.29, 0.717) is 30.8 Å². The second-order valence-corrected chi connectivity index (χ2v) is 10.0. The highest BCUT2D eigenvalue weighted by Gasteiger charge is 2.43. The second kappa shape index (κ2) is 9.98. The van der Waals surface area contributed by atoms with Gasteiger partial charge < -0.3 is 19.7 Å². The lowest BCUT2D eigenvalue weighted by Crippen LogP contribution is -2.56. The van der Waals surface area contributed by atoms with Crippen LogP contribution in [0, 0.1) is 0 Å². The topological polar surface area (TPSA) is 88.2 Å². The first-order chi connectivity index (χ1) is 16.7. The molecular formula is C27H33N3O5. The van der Waals surface area contributed by atoms with Crippen LogP contribution >= 0.6 is 0 Å². The zero-order valence-electron chi connectivity index (χ0n) is 20.7. The third kappa shape index (κ3) is 5.58. The van der Waals surface area contributed by atoms with E-state index in [1.807, 2.05) is 24.3 Å². The summed E-state index contributed by atoms with van der Waals surface area (Å²) < 4.78 is 10.8. The predicted octanol–water partition coefficient (Wildman–Crippen LogP) is 3.99. The van der Waals surface area contributed by atoms with Gasteiger partial charge in [-0.15, -0.1) is 0 Å². The predicted molar refractivity (Wildman–Crippen MR) is 132 cm³/mol. The number of benzene rings is 2. The van der Waals surface area contributed by atoms with Gasteiger partial charge in [0.05, 0.1) is 13.7 Å². The molecular weight excluding hydrogens is 446 g/mol. The van der Waals surface area contributed by atoms with Crippen molar-refractivity contribution in [2.75, 3.05) is 19.0 Å². The molecule has 2 aromatic rings. The quantitative estimate of drug-likeness (QED) is 0.717. The first-order valence-corrected chi connectivity index (χ1v) is 12.0. The number of amides is 3. The number of fused-ring (bicyclic) bond motifs is 1. The minimum absolute atomic E-state index is 0.224. The first-order valence-electron chi connectivity index (χ1n) is 12.0. The van der Waals surface area contributed by atoms with E-state index in [2.05, 4.69) is 5.32 Å². The van der Waals surface area contributed by atoms with Gasteiger partial charge in [-0.25, -0.2) is 4.79 Å². The molecule has 0 radical (unpaired) electrons. The highest BCUT2D eigenvalue weighted by molar-refractivity contribution is 5.98. The van der Waals surface area contributed by atoms with Crippen molar-refractivity contribution in [3.05, 3.63) is 59.7 Å². The van der Waals surface area contributed by atoms with Crippen molar-refractivity contribution < 1.29 is 23.9 Å². The summed E-state index contributed by atoms with van der Waals surface area (Å²) in [5.74, 6) is 0.235. The Morgan fingerprint density at radius 2 is 1.63 bits per heavy atom. The molecule has 0 spiro atoms. The molecule has 4 rings (SSSR count). The van der Waals surface area contributed by atoms with Crippen molar-refractivity contribution in [1.82, 2.24) is 9.80 Å². The van der Waals surface area contributed by atoms with Crippen LogP contribution < -0.4 is 10.1 Å². The third-order valence-electron chi connectivity index (χ3n) is 6.36. The van der Waals surface area contributed by atoms with E-state index in [9.17, 15) is 14.4 Å². The van der Waals surface area contributed by atoms with Crippen LogP contribution in [0.2, 0.25) is 0 Å². The molecule has 8 heteroatoms. The van der Waals surface area contributed by atoms with E-state index in [1.165, 1.54) is 4.90 Å². The van der Waals surface area contributed by atoms with E-state index in [-0.39, 0.29) is 18.4 Å². The Bertz CT molecular complexity index is 1090. The lowest BCUT2D eigenvalue weighted by Gasteiger charge is -2.39. The zero-order valence-corrected chi connectivity index (χ0v) is 20.7. The van der Waals surface area contributed by atoms with E-state index >= 15 is 0 Å². The van der Waals surface area contributed by atoms with Gasteiger partial charge in [-0.1, -0.05) is 24.3 Å². The second-order valence-electron chi connectivity index (χ2n) is 10.0. The van der Waals surface area contributed by atoms with Crippen molar-refractivity contribution in [3.8, 4) is 5.75 Å². The minimum Gasteiger partial charge on any atom is -0.497 e. The monoisotopic (exact) mass is 479 g/mol. The number of hydrogen-bond donors (Lipinski definition) is 1. The summed E-state index contributed by atoms with van der Waals surface area (Å²) in [5.41, 5.74) is 1.98. The Balaban J connectivity index is 1.54. The number of carbonyl (C=O) groups is 3. The number of carbonyl (C=O) groups excluding carboxylic acids is 3. The van der Waals surface area contributed by atoms with Gasteiger partial charge in [0.1, 0.15) is 23.4 Å². The van der Waals surface area contributed by atoms with Gasteiger partial charge in [-0.05, 0) is 69.0 Å². The summed E-state index contributed by atoms with van der Waals surface area (Å²) in [5, 5.41) is 2.91. The number of likely N-dealkylation sites (tertiary alicyclic amines) is 1. The van der Waals surface area contributed by atoms with Crippen molar-refractivity contribution in [2.24, 2.45) is 0 Å². The largest absolute Gasteiger partial charge is 0.497 e. The SMILES string of the molecule is COc1ccc(NC(=O)[C@H]2CCCN2C(=O)[C@@H]2Cc3ccccc3CN2C(=O)OC(C)(C)C)cc1. The molecule has 2 atom stereocenters. The fourth-order valence-electron chi connectivity index (χ4n) is 4.65. The van der Waals surface area contributed by atoms with Gasteiger partial charge in [0.15, 0.2) is 0 Å². The van der Waals surface area contributed by atoms with Crippen molar-refractivity contribution in [3.63, 3.8) is 0 Å². The summed E-state index contributed by atoms with van der Waals surface area (Å²) in [4.78, 5) is 43.2. The van der Waals surface area contributed by atoms with Crippen LogP contribution in [0.5, 0.6) is 5.75 Å². The summed E-state index contributed by atoms with van der Waals surface area (Å²) in [6.07, 6.45) is 1.16. The number of hydrogen-bond acceptors (Lipinski definition) is 5. The molecule has 0 saturated carbocycles. The van der Waals surface area contributed by atoms with E-state index in [1.54, 1.807) is 57.0 Å². The molecule has 2 aromatic carbocycles. The number of methoxy groups -OCH3 is 1. The number of rotatable bonds is 4. The minimum atomic E-state index is -0.728. The molecule has 0 aromatic heterocycles. The van der Waals surface area contributed by atoms with Crippen molar-refractivity contribution in [2.45, 2.75) is 64.3 Å². The van der Waals surface area contributed by atoms with E-state index in [0.717, 1.165) is 17.5 Å². The molecule has 2 heterocycles. The fourth-order valence-corrected chi connectivity index (χ4v) is 4.65. The van der Waals surface area contributed by atoms with Crippen LogP contribution in [0.1, 0.15) is 44.7 Å². The Labute approximate surface area is 206 Å². The maximum atomic E-state index is 13.8. The summed E-state index contributed by atoms with van der Waals surface area (Å²) in [7, 11) is 1.58. The van der Waals surface area contributed by atoms with Crippen LogP contribution in [-0.2, 0) is 27.3 Å². The summed E-state index contributed by atoms with van der Waals surface area (Å²) in [6, 6.07) is 13.6. The van der Waals surface area contributed by atoms with E-state index in [4.69, 9.17) is 9.47 Å². The Kier molecular flexibility index (Phi) is 7.00. The molecule has 2 aliphatic heterocycles. The molecule has 3 amide bonds. The molecule has 0 unspecified atom stereocenters. The van der Waals surface area contributed by atoms with Crippen molar-refractivity contribution in [1.29, 1.82) is 0 Å². The van der Waals surface area contributed by atoms with Crippen LogP contribution in [0.15, 0.2) is 48.5 Å². The Hall–Kier alpha value is -3.55. The van der Waals surface area contributed by atoms with Crippen LogP contribution in [-0.4, -0.2) is 59.0 Å². The molecule has 35 heavy (non-hydrogen) atoms. The van der Waals surface area contributed by atoms with Gasteiger partial charge in [0, 0.05) is 18.7 Å². The van der Waals surface area contributed by atoms with Gasteiger partial charge >= 0.3 is 6.09 Å².